The number of aromatic nitrogens is 1. The summed E-state index contributed by atoms with van der Waals surface area (Å²) >= 11 is 4.89. The van der Waals surface area contributed by atoms with Gasteiger partial charge in [-0.15, -0.1) is 0 Å². The molecule has 1 heterocycles. The Morgan fingerprint density at radius 1 is 1.31 bits per heavy atom. The molecule has 2 aromatic rings. The topological polar surface area (TPSA) is 94.7 Å². The van der Waals surface area contributed by atoms with Gasteiger partial charge in [0.05, 0.1) is 19.1 Å². The Bertz CT molecular complexity index is 870. The lowest BCUT2D eigenvalue weighted by atomic mass is 9.85. The summed E-state index contributed by atoms with van der Waals surface area (Å²) in [5.41, 5.74) is 8.61. The minimum absolute atomic E-state index is 0.0995. The van der Waals surface area contributed by atoms with Gasteiger partial charge in [0.1, 0.15) is 10.7 Å². The Morgan fingerprint density at radius 3 is 2.76 bits per heavy atom. The van der Waals surface area contributed by atoms with E-state index in [0.29, 0.717) is 36.1 Å². The van der Waals surface area contributed by atoms with E-state index in [-0.39, 0.29) is 11.8 Å². The highest BCUT2D eigenvalue weighted by Gasteiger charge is 2.33. The molecular formula is C22H26N2O4S. The molecule has 7 heteroatoms. The van der Waals surface area contributed by atoms with Crippen LogP contribution in [0.15, 0.2) is 36.5 Å². The third kappa shape index (κ3) is 5.23. The van der Waals surface area contributed by atoms with Crippen molar-refractivity contribution in [2.45, 2.75) is 38.5 Å². The monoisotopic (exact) mass is 414 g/mol. The van der Waals surface area contributed by atoms with Crippen LogP contribution in [-0.2, 0) is 11.2 Å². The first-order valence-corrected chi connectivity index (χ1v) is 10.3. The molecule has 6 nitrogen and oxygen atoms in total. The molecule has 0 amide bonds. The number of carboxylic acids is 1. The van der Waals surface area contributed by atoms with E-state index in [9.17, 15) is 9.90 Å². The summed E-state index contributed by atoms with van der Waals surface area (Å²) in [6.07, 6.45) is 4.75. The second kappa shape index (κ2) is 9.69. The molecule has 0 saturated heterocycles. The molecule has 3 rings (SSSR count). The smallest absolute Gasteiger partial charge is 0.307 e. The maximum absolute atomic E-state index is 11.5. The van der Waals surface area contributed by atoms with Crippen LogP contribution in [0.4, 0.5) is 0 Å². The first-order valence-electron chi connectivity index (χ1n) is 9.86. The third-order valence-electron chi connectivity index (χ3n) is 5.31. The van der Waals surface area contributed by atoms with Crippen LogP contribution in [-0.4, -0.2) is 34.3 Å². The second-order valence-corrected chi connectivity index (χ2v) is 7.60. The van der Waals surface area contributed by atoms with Crippen molar-refractivity contribution < 1.29 is 19.4 Å². The number of benzene rings is 1. The van der Waals surface area contributed by atoms with E-state index >= 15 is 0 Å². The van der Waals surface area contributed by atoms with Crippen LogP contribution in [0, 0.1) is 5.92 Å². The van der Waals surface area contributed by atoms with Crippen molar-refractivity contribution in [3.8, 4) is 11.6 Å². The molecule has 1 aliphatic rings. The third-order valence-corrected chi connectivity index (χ3v) is 5.55. The average molecular weight is 415 g/mol. The van der Waals surface area contributed by atoms with E-state index in [1.807, 2.05) is 25.1 Å². The lowest BCUT2D eigenvalue weighted by molar-refractivity contribution is -0.142. The molecule has 0 aliphatic heterocycles. The Labute approximate surface area is 176 Å². The molecule has 0 saturated carbocycles. The van der Waals surface area contributed by atoms with Crippen molar-refractivity contribution in [1.29, 1.82) is 0 Å². The van der Waals surface area contributed by atoms with Gasteiger partial charge in [-0.2, -0.15) is 0 Å². The molecule has 0 fully saturated rings. The zero-order valence-corrected chi connectivity index (χ0v) is 17.3. The molecule has 29 heavy (non-hydrogen) atoms. The van der Waals surface area contributed by atoms with Gasteiger partial charge in [0, 0.05) is 24.2 Å². The number of nitrogens with two attached hydrogens (primary N) is 1. The van der Waals surface area contributed by atoms with Crippen LogP contribution in [0.2, 0.25) is 0 Å². The molecule has 1 unspecified atom stereocenters. The van der Waals surface area contributed by atoms with Crippen molar-refractivity contribution in [2.75, 3.05) is 13.2 Å². The number of carboxylic acid groups (broad SMARTS) is 1. The predicted octanol–water partition coefficient (Wildman–Crippen LogP) is 3.70. The van der Waals surface area contributed by atoms with Gasteiger partial charge in [-0.3, -0.25) is 4.79 Å². The van der Waals surface area contributed by atoms with Gasteiger partial charge in [-0.05, 0) is 54.5 Å². The highest BCUT2D eigenvalue weighted by atomic mass is 32.1. The highest BCUT2D eigenvalue weighted by molar-refractivity contribution is 7.80. The largest absolute Gasteiger partial charge is 0.493 e. The number of aryl methyl sites for hydroxylation is 1. The molecular weight excluding hydrogens is 388 g/mol. The van der Waals surface area contributed by atoms with Crippen LogP contribution >= 0.6 is 12.2 Å². The van der Waals surface area contributed by atoms with Crippen LogP contribution in [0.1, 0.15) is 48.8 Å². The van der Waals surface area contributed by atoms with Gasteiger partial charge >= 0.3 is 5.97 Å². The van der Waals surface area contributed by atoms with E-state index in [0.717, 1.165) is 30.6 Å². The molecule has 1 aromatic carbocycles. The lowest BCUT2D eigenvalue weighted by Crippen LogP contribution is -2.19. The van der Waals surface area contributed by atoms with Crippen molar-refractivity contribution in [1.82, 2.24) is 4.98 Å². The Hall–Kier alpha value is -2.67. The fraction of sp³-hybridized carbons (Fsp3) is 0.409. The quantitative estimate of drug-likeness (QED) is 0.452. The standard InChI is InChI=1S/C22H26N2O4S/c1-2-17(22(25)26)19-7-4-14-12-16(6-8-18(14)19)27-10-3-11-28-20-9-5-15(13-24-20)21(23)29/h5-6,8-9,12-13,17,19H,2-4,7,10-11H2,1H3,(H2,23,29)(H,25,26)/t17?,19-/m0/s1. The summed E-state index contributed by atoms with van der Waals surface area (Å²) in [6.45, 7) is 2.95. The molecule has 0 spiro atoms. The number of ether oxygens (including phenoxy) is 2. The van der Waals surface area contributed by atoms with Crippen molar-refractivity contribution in [3.05, 3.63) is 53.2 Å². The minimum Gasteiger partial charge on any atom is -0.493 e. The fourth-order valence-electron chi connectivity index (χ4n) is 3.80. The lowest BCUT2D eigenvalue weighted by Gasteiger charge is -2.19. The number of thiocarbonyl (C=S) groups is 1. The van der Waals surface area contributed by atoms with Gasteiger partial charge in [-0.1, -0.05) is 25.2 Å². The summed E-state index contributed by atoms with van der Waals surface area (Å²) in [4.78, 5) is 16.0. The van der Waals surface area contributed by atoms with Gasteiger partial charge < -0.3 is 20.3 Å². The average Bonchev–Trinajstić information content (AvgIpc) is 3.11. The van der Waals surface area contributed by atoms with Gasteiger partial charge in [0.15, 0.2) is 0 Å². The van der Waals surface area contributed by atoms with Gasteiger partial charge in [0.25, 0.3) is 0 Å². The molecule has 0 radical (unpaired) electrons. The Kier molecular flexibility index (Phi) is 7.04. The summed E-state index contributed by atoms with van der Waals surface area (Å²) in [6, 6.07) is 9.53. The van der Waals surface area contributed by atoms with E-state index in [1.165, 1.54) is 5.56 Å². The van der Waals surface area contributed by atoms with Gasteiger partial charge in [-0.25, -0.2) is 4.98 Å². The Balaban J connectivity index is 1.46. The summed E-state index contributed by atoms with van der Waals surface area (Å²) in [5, 5.41) is 9.45. The van der Waals surface area contributed by atoms with Crippen LogP contribution in [0.3, 0.4) is 0 Å². The zero-order valence-electron chi connectivity index (χ0n) is 16.5. The highest BCUT2D eigenvalue weighted by Crippen LogP contribution is 2.41. The number of fused-ring (bicyclic) bond motifs is 1. The maximum atomic E-state index is 11.5. The summed E-state index contributed by atoms with van der Waals surface area (Å²) < 4.78 is 11.4. The normalized spacial score (nSPS) is 16.1. The van der Waals surface area contributed by atoms with Gasteiger partial charge in [0.2, 0.25) is 5.88 Å². The van der Waals surface area contributed by atoms with E-state index < -0.39 is 5.97 Å². The number of hydrogen-bond donors (Lipinski definition) is 2. The minimum atomic E-state index is -0.708. The zero-order chi connectivity index (χ0) is 20.8. The van der Waals surface area contributed by atoms with Crippen LogP contribution in [0.5, 0.6) is 11.6 Å². The second-order valence-electron chi connectivity index (χ2n) is 7.16. The number of hydrogen-bond acceptors (Lipinski definition) is 5. The first-order chi connectivity index (χ1) is 14.0. The number of aliphatic carboxylic acids is 1. The van der Waals surface area contributed by atoms with E-state index in [4.69, 9.17) is 27.4 Å². The molecule has 1 aromatic heterocycles. The number of carbonyl (C=O) groups is 1. The molecule has 1 aliphatic carbocycles. The maximum Gasteiger partial charge on any atom is 0.307 e. The Morgan fingerprint density at radius 2 is 2.10 bits per heavy atom. The summed E-state index contributed by atoms with van der Waals surface area (Å²) in [5.74, 6) is 0.412. The van der Waals surface area contributed by atoms with Crippen molar-refractivity contribution in [2.24, 2.45) is 11.7 Å². The van der Waals surface area contributed by atoms with E-state index in [2.05, 4.69) is 4.98 Å². The molecule has 2 atom stereocenters. The van der Waals surface area contributed by atoms with Crippen molar-refractivity contribution in [3.63, 3.8) is 0 Å². The van der Waals surface area contributed by atoms with E-state index in [1.54, 1.807) is 18.3 Å². The van der Waals surface area contributed by atoms with Crippen LogP contribution < -0.4 is 15.2 Å². The predicted molar refractivity (Wildman–Crippen MR) is 115 cm³/mol. The first kappa shape index (κ1) is 21.0. The summed E-state index contributed by atoms with van der Waals surface area (Å²) in [7, 11) is 0. The molecule has 0 bridgehead atoms. The number of rotatable bonds is 10. The molecule has 3 N–H and O–H groups in total. The van der Waals surface area contributed by atoms with Crippen molar-refractivity contribution >= 4 is 23.2 Å². The van der Waals surface area contributed by atoms with Crippen LogP contribution in [0.25, 0.3) is 0 Å². The number of nitrogens with zero attached hydrogens (tertiary/aromatic N) is 1. The fourth-order valence-corrected chi connectivity index (χ4v) is 3.92. The SMILES string of the molecule is CCC(C(=O)O)[C@@H]1CCc2cc(OCCCOc3ccc(C(N)=S)cn3)ccc21. The molecule has 154 valence electrons. The number of pyridine rings is 1.